The summed E-state index contributed by atoms with van der Waals surface area (Å²) < 4.78 is 0.579. The van der Waals surface area contributed by atoms with E-state index in [1.165, 1.54) is 11.8 Å². The molecule has 4 nitrogen and oxygen atoms in total. The van der Waals surface area contributed by atoms with Crippen LogP contribution < -0.4 is 0 Å². The Morgan fingerprint density at radius 2 is 2.06 bits per heavy atom. The number of rotatable bonds is 4. The molecule has 0 bridgehead atoms. The minimum Gasteiger partial charge on any atom is -0.478 e. The summed E-state index contributed by atoms with van der Waals surface area (Å²) in [6, 6.07) is 7.00. The van der Waals surface area contributed by atoms with Crippen molar-refractivity contribution in [3.8, 4) is 0 Å². The Bertz CT molecular complexity index is 563. The van der Waals surface area contributed by atoms with Gasteiger partial charge in [-0.05, 0) is 40.2 Å². The zero-order valence-corrected chi connectivity index (χ0v) is 11.6. The fourth-order valence-electron chi connectivity index (χ4n) is 1.31. The van der Waals surface area contributed by atoms with Crippen LogP contribution in [0.25, 0.3) is 0 Å². The maximum Gasteiger partial charge on any atom is 0.336 e. The van der Waals surface area contributed by atoms with Crippen molar-refractivity contribution < 1.29 is 9.90 Å². The SMILES string of the molecule is O=C(O)c1cc(SCc2ncccn2)ccc1Br. The lowest BCUT2D eigenvalue weighted by atomic mass is 10.2. The van der Waals surface area contributed by atoms with Gasteiger partial charge in [0.2, 0.25) is 0 Å². The highest BCUT2D eigenvalue weighted by atomic mass is 79.9. The molecule has 0 aliphatic heterocycles. The lowest BCUT2D eigenvalue weighted by molar-refractivity contribution is 0.0695. The number of carboxylic acid groups (broad SMARTS) is 1. The van der Waals surface area contributed by atoms with Gasteiger partial charge in [0.1, 0.15) is 5.82 Å². The van der Waals surface area contributed by atoms with Crippen molar-refractivity contribution in [2.75, 3.05) is 0 Å². The lowest BCUT2D eigenvalue weighted by Gasteiger charge is -2.04. The summed E-state index contributed by atoms with van der Waals surface area (Å²) in [5.41, 5.74) is 0.258. The van der Waals surface area contributed by atoms with E-state index in [4.69, 9.17) is 5.11 Å². The summed E-state index contributed by atoms with van der Waals surface area (Å²) in [6.45, 7) is 0. The summed E-state index contributed by atoms with van der Waals surface area (Å²) in [5.74, 6) is 0.393. The van der Waals surface area contributed by atoms with Crippen LogP contribution in [0.15, 0.2) is 46.0 Å². The number of hydrogen-bond donors (Lipinski definition) is 1. The van der Waals surface area contributed by atoms with Gasteiger partial charge in [-0.15, -0.1) is 11.8 Å². The largest absolute Gasteiger partial charge is 0.478 e. The zero-order valence-electron chi connectivity index (χ0n) is 9.21. The fraction of sp³-hybridized carbons (Fsp3) is 0.0833. The van der Waals surface area contributed by atoms with Crippen LogP contribution in [0, 0.1) is 0 Å². The first kappa shape index (κ1) is 13.0. The Hall–Kier alpha value is -1.40. The molecule has 0 saturated heterocycles. The van der Waals surface area contributed by atoms with Gasteiger partial charge in [0.05, 0.1) is 11.3 Å². The molecule has 1 aromatic heterocycles. The number of hydrogen-bond acceptors (Lipinski definition) is 4. The first-order chi connectivity index (χ1) is 8.66. The molecule has 0 radical (unpaired) electrons. The van der Waals surface area contributed by atoms with Crippen LogP contribution in [0.2, 0.25) is 0 Å². The number of nitrogens with zero attached hydrogens (tertiary/aromatic N) is 2. The second-order valence-corrected chi connectivity index (χ2v) is 5.30. The van der Waals surface area contributed by atoms with Gasteiger partial charge >= 0.3 is 5.97 Å². The minimum absolute atomic E-state index is 0.258. The Kier molecular flexibility index (Phi) is 4.33. The first-order valence-electron chi connectivity index (χ1n) is 5.08. The third kappa shape index (κ3) is 3.30. The third-order valence-electron chi connectivity index (χ3n) is 2.16. The molecule has 0 fully saturated rings. The number of carboxylic acids is 1. The molecule has 92 valence electrons. The number of carbonyl (C=O) groups is 1. The molecular weight excluding hydrogens is 316 g/mol. The van der Waals surface area contributed by atoms with E-state index in [1.54, 1.807) is 30.6 Å². The van der Waals surface area contributed by atoms with Gasteiger partial charge in [-0.1, -0.05) is 0 Å². The highest BCUT2D eigenvalue weighted by Gasteiger charge is 2.09. The van der Waals surface area contributed by atoms with Crippen LogP contribution in [-0.4, -0.2) is 21.0 Å². The van der Waals surface area contributed by atoms with Crippen molar-refractivity contribution >= 4 is 33.7 Å². The molecule has 0 amide bonds. The smallest absolute Gasteiger partial charge is 0.336 e. The van der Waals surface area contributed by atoms with Gasteiger partial charge in [-0.3, -0.25) is 0 Å². The van der Waals surface area contributed by atoms with E-state index in [0.29, 0.717) is 10.2 Å². The number of halogens is 1. The van der Waals surface area contributed by atoms with Crippen molar-refractivity contribution in [3.05, 3.63) is 52.5 Å². The lowest BCUT2D eigenvalue weighted by Crippen LogP contribution is -1.97. The maximum atomic E-state index is 11.0. The molecule has 1 heterocycles. The average Bonchev–Trinajstić information content (AvgIpc) is 2.38. The van der Waals surface area contributed by atoms with Crippen molar-refractivity contribution in [2.45, 2.75) is 10.6 Å². The Labute approximate surface area is 117 Å². The fourth-order valence-corrected chi connectivity index (χ4v) is 2.54. The molecule has 0 aliphatic rings. The summed E-state index contributed by atoms with van der Waals surface area (Å²) in [5, 5.41) is 9.01. The topological polar surface area (TPSA) is 63.1 Å². The number of aromatic carboxylic acids is 1. The standard InChI is InChI=1S/C12H9BrN2O2S/c13-10-3-2-8(6-9(10)12(16)17)18-7-11-14-4-1-5-15-11/h1-6H,7H2,(H,16,17). The molecule has 1 N–H and O–H groups in total. The van der Waals surface area contributed by atoms with E-state index in [9.17, 15) is 4.79 Å². The molecular formula is C12H9BrN2O2S. The van der Waals surface area contributed by atoms with E-state index in [-0.39, 0.29) is 5.56 Å². The van der Waals surface area contributed by atoms with Crippen LogP contribution in [0.3, 0.4) is 0 Å². The normalized spacial score (nSPS) is 10.3. The summed E-state index contributed by atoms with van der Waals surface area (Å²) in [4.78, 5) is 20.1. The molecule has 2 rings (SSSR count). The van der Waals surface area contributed by atoms with Gasteiger partial charge in [0.25, 0.3) is 0 Å². The summed E-state index contributed by atoms with van der Waals surface area (Å²) in [7, 11) is 0. The third-order valence-corrected chi connectivity index (χ3v) is 3.84. The predicted octanol–water partition coefficient (Wildman–Crippen LogP) is 3.23. The van der Waals surface area contributed by atoms with Crippen LogP contribution in [0.4, 0.5) is 0 Å². The Morgan fingerprint density at radius 1 is 1.33 bits per heavy atom. The quantitative estimate of drug-likeness (QED) is 0.875. The predicted molar refractivity (Wildman–Crippen MR) is 72.7 cm³/mol. The molecule has 0 aliphatic carbocycles. The van der Waals surface area contributed by atoms with E-state index in [2.05, 4.69) is 25.9 Å². The van der Waals surface area contributed by atoms with E-state index >= 15 is 0 Å². The molecule has 0 saturated carbocycles. The highest BCUT2D eigenvalue weighted by molar-refractivity contribution is 9.10. The zero-order chi connectivity index (χ0) is 13.0. The van der Waals surface area contributed by atoms with Crippen molar-refractivity contribution in [3.63, 3.8) is 0 Å². The van der Waals surface area contributed by atoms with Crippen LogP contribution in [0.5, 0.6) is 0 Å². The molecule has 1 aromatic carbocycles. The van der Waals surface area contributed by atoms with Crippen LogP contribution in [0.1, 0.15) is 16.2 Å². The molecule has 0 atom stereocenters. The first-order valence-corrected chi connectivity index (χ1v) is 6.86. The van der Waals surface area contributed by atoms with Crippen molar-refractivity contribution in [2.24, 2.45) is 0 Å². The van der Waals surface area contributed by atoms with Crippen LogP contribution >= 0.6 is 27.7 Å². The van der Waals surface area contributed by atoms with E-state index in [0.717, 1.165) is 10.7 Å². The van der Waals surface area contributed by atoms with Gasteiger partial charge in [0, 0.05) is 21.8 Å². The second-order valence-electron chi connectivity index (χ2n) is 3.40. The second kappa shape index (κ2) is 5.97. The monoisotopic (exact) mass is 324 g/mol. The molecule has 2 aromatic rings. The molecule has 18 heavy (non-hydrogen) atoms. The number of benzene rings is 1. The van der Waals surface area contributed by atoms with Crippen molar-refractivity contribution in [1.29, 1.82) is 0 Å². The minimum atomic E-state index is -0.944. The molecule has 6 heteroatoms. The molecule has 0 unspecified atom stereocenters. The van der Waals surface area contributed by atoms with E-state index < -0.39 is 5.97 Å². The van der Waals surface area contributed by atoms with Gasteiger partial charge in [-0.2, -0.15) is 0 Å². The summed E-state index contributed by atoms with van der Waals surface area (Å²) in [6.07, 6.45) is 3.38. The highest BCUT2D eigenvalue weighted by Crippen LogP contribution is 2.26. The summed E-state index contributed by atoms with van der Waals surface area (Å²) >= 11 is 4.72. The van der Waals surface area contributed by atoms with Gasteiger partial charge < -0.3 is 5.11 Å². The Morgan fingerprint density at radius 3 is 2.72 bits per heavy atom. The Balaban J connectivity index is 2.11. The van der Waals surface area contributed by atoms with Crippen molar-refractivity contribution in [1.82, 2.24) is 9.97 Å². The number of aromatic nitrogens is 2. The van der Waals surface area contributed by atoms with Gasteiger partial charge in [0.15, 0.2) is 0 Å². The van der Waals surface area contributed by atoms with Crippen LogP contribution in [-0.2, 0) is 5.75 Å². The number of thioether (sulfide) groups is 1. The van der Waals surface area contributed by atoms with E-state index in [1.807, 2.05) is 6.07 Å². The average molecular weight is 325 g/mol. The maximum absolute atomic E-state index is 11.0. The van der Waals surface area contributed by atoms with Gasteiger partial charge in [-0.25, -0.2) is 14.8 Å². The molecule has 0 spiro atoms.